The lowest BCUT2D eigenvalue weighted by Gasteiger charge is -2.32. The summed E-state index contributed by atoms with van der Waals surface area (Å²) >= 11 is 0. The molecule has 202 valence electrons. The molecule has 0 radical (unpaired) electrons. The molecule has 38 heavy (non-hydrogen) atoms. The molecule has 0 bridgehead atoms. The molecule has 0 aliphatic heterocycles. The van der Waals surface area contributed by atoms with Crippen LogP contribution < -0.4 is 9.62 Å². The summed E-state index contributed by atoms with van der Waals surface area (Å²) in [6.45, 7) is 4.39. The first-order valence-corrected chi connectivity index (χ1v) is 13.6. The fourth-order valence-corrected chi connectivity index (χ4v) is 5.16. The van der Waals surface area contributed by atoms with Gasteiger partial charge in [0.1, 0.15) is 24.2 Å². The molecule has 2 atom stereocenters. The molecule has 0 fully saturated rings. The minimum Gasteiger partial charge on any atom is -0.352 e. The summed E-state index contributed by atoms with van der Waals surface area (Å²) in [4.78, 5) is 27.8. The second-order valence-corrected chi connectivity index (χ2v) is 10.8. The van der Waals surface area contributed by atoms with Gasteiger partial charge >= 0.3 is 0 Å². The van der Waals surface area contributed by atoms with Crippen molar-refractivity contribution in [3.8, 4) is 0 Å². The van der Waals surface area contributed by atoms with Gasteiger partial charge in [0.2, 0.25) is 11.8 Å². The highest BCUT2D eigenvalue weighted by molar-refractivity contribution is 7.92. The SMILES string of the molecule is CC[C@@H](C)NC(=O)[C@@H](C)N(Cc1ccc(F)cc1)C(=O)CN(c1ccccc1F)S(=O)(=O)c1ccccc1. The topological polar surface area (TPSA) is 86.8 Å². The van der Waals surface area contributed by atoms with Crippen LogP contribution in [0.2, 0.25) is 0 Å². The normalized spacial score (nSPS) is 12.9. The number of rotatable bonds is 11. The van der Waals surface area contributed by atoms with Crippen LogP contribution in [0.25, 0.3) is 0 Å². The van der Waals surface area contributed by atoms with E-state index in [9.17, 15) is 26.8 Å². The Morgan fingerprint density at radius 3 is 2.11 bits per heavy atom. The Morgan fingerprint density at radius 2 is 1.50 bits per heavy atom. The Bertz CT molecular complexity index is 1350. The van der Waals surface area contributed by atoms with Gasteiger partial charge in [-0.05, 0) is 62.2 Å². The molecule has 3 aromatic carbocycles. The number of nitrogens with zero attached hydrogens (tertiary/aromatic N) is 2. The van der Waals surface area contributed by atoms with Crippen molar-refractivity contribution in [1.29, 1.82) is 0 Å². The average molecular weight is 544 g/mol. The Hall–Kier alpha value is -3.79. The highest BCUT2D eigenvalue weighted by Gasteiger charge is 2.33. The second kappa shape index (κ2) is 12.6. The number of anilines is 1. The predicted molar refractivity (Wildman–Crippen MR) is 142 cm³/mol. The summed E-state index contributed by atoms with van der Waals surface area (Å²) in [6.07, 6.45) is 0.667. The number of carbonyl (C=O) groups is 2. The van der Waals surface area contributed by atoms with Crippen LogP contribution >= 0.6 is 0 Å². The molecule has 3 aromatic rings. The molecule has 0 spiro atoms. The number of benzene rings is 3. The molecule has 0 saturated heterocycles. The molecular formula is C28H31F2N3O4S. The fourth-order valence-electron chi connectivity index (χ4n) is 3.72. The molecule has 0 aliphatic rings. The van der Waals surface area contributed by atoms with Gasteiger partial charge in [0, 0.05) is 12.6 Å². The van der Waals surface area contributed by atoms with Crippen molar-refractivity contribution in [2.24, 2.45) is 0 Å². The molecule has 3 rings (SSSR count). The van der Waals surface area contributed by atoms with Crippen LogP contribution in [-0.2, 0) is 26.2 Å². The first kappa shape index (κ1) is 28.8. The first-order valence-electron chi connectivity index (χ1n) is 12.2. The van der Waals surface area contributed by atoms with E-state index in [2.05, 4.69) is 5.32 Å². The van der Waals surface area contributed by atoms with Crippen LogP contribution in [0.4, 0.5) is 14.5 Å². The van der Waals surface area contributed by atoms with E-state index in [1.807, 2.05) is 13.8 Å². The number of sulfonamides is 1. The molecule has 10 heteroatoms. The minimum absolute atomic E-state index is 0.0926. The highest BCUT2D eigenvalue weighted by atomic mass is 32.2. The summed E-state index contributed by atoms with van der Waals surface area (Å²) in [6, 6.07) is 16.9. The van der Waals surface area contributed by atoms with Crippen LogP contribution in [0, 0.1) is 11.6 Å². The van der Waals surface area contributed by atoms with Crippen LogP contribution in [-0.4, -0.2) is 43.8 Å². The maximum absolute atomic E-state index is 14.9. The van der Waals surface area contributed by atoms with E-state index in [4.69, 9.17) is 0 Å². The third-order valence-electron chi connectivity index (χ3n) is 6.17. The highest BCUT2D eigenvalue weighted by Crippen LogP contribution is 2.27. The van der Waals surface area contributed by atoms with Crippen molar-refractivity contribution in [3.05, 3.63) is 96.1 Å². The van der Waals surface area contributed by atoms with Crippen molar-refractivity contribution >= 4 is 27.5 Å². The summed E-state index contributed by atoms with van der Waals surface area (Å²) < 4.78 is 56.2. The lowest BCUT2D eigenvalue weighted by molar-refractivity contribution is -0.139. The van der Waals surface area contributed by atoms with E-state index in [-0.39, 0.29) is 23.2 Å². The van der Waals surface area contributed by atoms with Crippen molar-refractivity contribution in [1.82, 2.24) is 10.2 Å². The standard InChI is InChI=1S/C28H31F2N3O4S/c1-4-20(2)31-28(35)21(3)32(18-22-14-16-23(29)17-15-22)27(34)19-33(26-13-9-8-12-25(26)30)38(36,37)24-10-6-5-7-11-24/h5-17,20-21H,4,18-19H2,1-3H3,(H,31,35)/t20-,21-/m1/s1. The van der Waals surface area contributed by atoms with E-state index in [0.29, 0.717) is 16.3 Å². The maximum Gasteiger partial charge on any atom is 0.264 e. The molecule has 0 aliphatic carbocycles. The van der Waals surface area contributed by atoms with Gasteiger partial charge in [0.05, 0.1) is 10.6 Å². The Morgan fingerprint density at radius 1 is 0.895 bits per heavy atom. The zero-order chi connectivity index (χ0) is 27.9. The van der Waals surface area contributed by atoms with Crippen molar-refractivity contribution in [2.75, 3.05) is 10.8 Å². The number of nitrogens with one attached hydrogen (secondary N) is 1. The smallest absolute Gasteiger partial charge is 0.264 e. The van der Waals surface area contributed by atoms with Gasteiger partial charge in [0.15, 0.2) is 0 Å². The Kier molecular flexibility index (Phi) is 9.57. The summed E-state index contributed by atoms with van der Waals surface area (Å²) in [5.74, 6) is -2.46. The third kappa shape index (κ3) is 6.95. The average Bonchev–Trinajstić information content (AvgIpc) is 2.91. The fraction of sp³-hybridized carbons (Fsp3) is 0.286. The second-order valence-electron chi connectivity index (χ2n) is 8.92. The maximum atomic E-state index is 14.9. The molecule has 1 N–H and O–H groups in total. The number of para-hydroxylation sites is 1. The van der Waals surface area contributed by atoms with E-state index >= 15 is 0 Å². The zero-order valence-corrected chi connectivity index (χ0v) is 22.3. The van der Waals surface area contributed by atoms with Crippen LogP contribution in [0.3, 0.4) is 0 Å². The van der Waals surface area contributed by atoms with E-state index in [0.717, 1.165) is 6.07 Å². The lowest BCUT2D eigenvalue weighted by atomic mass is 10.1. The lowest BCUT2D eigenvalue weighted by Crippen LogP contribution is -2.52. The van der Waals surface area contributed by atoms with E-state index in [1.54, 1.807) is 6.07 Å². The van der Waals surface area contributed by atoms with Crippen molar-refractivity contribution < 1.29 is 26.8 Å². The van der Waals surface area contributed by atoms with Gasteiger partial charge < -0.3 is 10.2 Å². The number of hydrogen-bond acceptors (Lipinski definition) is 4. The monoisotopic (exact) mass is 543 g/mol. The molecule has 7 nitrogen and oxygen atoms in total. The summed E-state index contributed by atoms with van der Waals surface area (Å²) in [5, 5.41) is 2.83. The largest absolute Gasteiger partial charge is 0.352 e. The van der Waals surface area contributed by atoms with Gasteiger partial charge in [-0.15, -0.1) is 0 Å². The Labute approximate surface area is 222 Å². The van der Waals surface area contributed by atoms with E-state index < -0.39 is 46.1 Å². The number of amides is 2. The van der Waals surface area contributed by atoms with Gasteiger partial charge in [-0.25, -0.2) is 17.2 Å². The van der Waals surface area contributed by atoms with Crippen LogP contribution in [0.1, 0.15) is 32.8 Å². The van der Waals surface area contributed by atoms with Gasteiger partial charge in [0.25, 0.3) is 10.0 Å². The van der Waals surface area contributed by atoms with Crippen LogP contribution in [0.5, 0.6) is 0 Å². The summed E-state index contributed by atoms with van der Waals surface area (Å²) in [7, 11) is -4.36. The first-order chi connectivity index (χ1) is 18.0. The molecule has 0 aromatic heterocycles. The van der Waals surface area contributed by atoms with Gasteiger partial charge in [-0.3, -0.25) is 13.9 Å². The Balaban J connectivity index is 2.02. The van der Waals surface area contributed by atoms with Gasteiger partial charge in [-0.1, -0.05) is 49.4 Å². The number of hydrogen-bond donors (Lipinski definition) is 1. The minimum atomic E-state index is -4.36. The molecule has 0 saturated carbocycles. The summed E-state index contributed by atoms with van der Waals surface area (Å²) in [5.41, 5.74) is 0.231. The molecule has 0 heterocycles. The number of carbonyl (C=O) groups excluding carboxylic acids is 2. The molecule has 0 unspecified atom stereocenters. The molecule has 2 amide bonds. The number of halogens is 2. The van der Waals surface area contributed by atoms with Crippen molar-refractivity contribution in [3.63, 3.8) is 0 Å². The third-order valence-corrected chi connectivity index (χ3v) is 7.94. The van der Waals surface area contributed by atoms with E-state index in [1.165, 1.54) is 78.6 Å². The predicted octanol–water partition coefficient (Wildman–Crippen LogP) is 4.49. The van der Waals surface area contributed by atoms with Gasteiger partial charge in [-0.2, -0.15) is 0 Å². The molecular weight excluding hydrogens is 512 g/mol. The van der Waals surface area contributed by atoms with Crippen molar-refractivity contribution in [2.45, 2.75) is 50.7 Å². The zero-order valence-electron chi connectivity index (χ0n) is 21.5. The quantitative estimate of drug-likeness (QED) is 0.386. The van der Waals surface area contributed by atoms with Crippen LogP contribution in [0.15, 0.2) is 83.8 Å².